The highest BCUT2D eigenvalue weighted by Gasteiger charge is 2.10. The van der Waals surface area contributed by atoms with Gasteiger partial charge in [0.15, 0.2) is 0 Å². The maximum absolute atomic E-state index is 12.1. The van der Waals surface area contributed by atoms with Gasteiger partial charge < -0.3 is 9.47 Å². The van der Waals surface area contributed by atoms with Gasteiger partial charge in [-0.3, -0.25) is 4.79 Å². The Morgan fingerprint density at radius 1 is 1.24 bits per heavy atom. The van der Waals surface area contributed by atoms with Crippen LogP contribution >= 0.6 is 0 Å². The lowest BCUT2D eigenvalue weighted by Crippen LogP contribution is -2.19. The number of rotatable bonds is 5. The van der Waals surface area contributed by atoms with E-state index in [2.05, 4.69) is 22.7 Å². The number of ether oxygens (including phenoxy) is 2. The first-order chi connectivity index (χ1) is 10.2. The van der Waals surface area contributed by atoms with Crippen molar-refractivity contribution in [2.45, 2.75) is 19.3 Å². The van der Waals surface area contributed by atoms with E-state index in [1.54, 1.807) is 38.6 Å². The van der Waals surface area contributed by atoms with E-state index in [-0.39, 0.29) is 5.91 Å². The van der Waals surface area contributed by atoms with Crippen LogP contribution in [0.3, 0.4) is 0 Å². The molecule has 1 aliphatic carbocycles. The normalized spacial score (nSPS) is 17.7. The molecule has 0 aliphatic heterocycles. The van der Waals surface area contributed by atoms with Crippen LogP contribution in [0.2, 0.25) is 0 Å². The van der Waals surface area contributed by atoms with Crippen LogP contribution in [0.1, 0.15) is 29.6 Å². The van der Waals surface area contributed by atoms with E-state index in [0.717, 1.165) is 19.3 Å². The van der Waals surface area contributed by atoms with Gasteiger partial charge in [0.1, 0.15) is 11.5 Å². The molecule has 5 nitrogen and oxygen atoms in total. The molecule has 0 saturated carbocycles. The van der Waals surface area contributed by atoms with Crippen molar-refractivity contribution < 1.29 is 14.3 Å². The number of amides is 1. The second kappa shape index (κ2) is 7.47. The van der Waals surface area contributed by atoms with Crippen LogP contribution < -0.4 is 14.9 Å². The van der Waals surface area contributed by atoms with Crippen LogP contribution in [-0.4, -0.2) is 26.3 Å². The first-order valence-electron chi connectivity index (χ1n) is 6.94. The minimum absolute atomic E-state index is 0.283. The lowest BCUT2D eigenvalue weighted by atomic mass is 9.96. The number of benzene rings is 1. The lowest BCUT2D eigenvalue weighted by Gasteiger charge is -2.12. The van der Waals surface area contributed by atoms with Crippen molar-refractivity contribution in [2.24, 2.45) is 11.0 Å². The average Bonchev–Trinajstić information content (AvgIpc) is 2.55. The van der Waals surface area contributed by atoms with Crippen molar-refractivity contribution in [3.05, 3.63) is 35.9 Å². The molecule has 21 heavy (non-hydrogen) atoms. The Labute approximate surface area is 124 Å². The summed E-state index contributed by atoms with van der Waals surface area (Å²) in [6.07, 6.45) is 9.24. The van der Waals surface area contributed by atoms with Crippen molar-refractivity contribution in [3.8, 4) is 11.5 Å². The van der Waals surface area contributed by atoms with Gasteiger partial charge in [-0.2, -0.15) is 5.10 Å². The molecule has 1 aromatic rings. The Kier molecular flexibility index (Phi) is 5.37. The van der Waals surface area contributed by atoms with Crippen LogP contribution in [-0.2, 0) is 0 Å². The zero-order valence-electron chi connectivity index (χ0n) is 12.3. The molecule has 0 saturated heterocycles. The fourth-order valence-corrected chi connectivity index (χ4v) is 2.16. The standard InChI is InChI=1S/C16H20N2O3/c1-20-14-8-13(9-15(10-14)21-2)16(19)18-17-11-12-6-4-3-5-7-12/h3-4,8-12H,5-7H2,1-2H3,(H,18,19)/b17-11-/t12-/m0/s1. The molecule has 112 valence electrons. The van der Waals surface area contributed by atoms with E-state index in [4.69, 9.17) is 9.47 Å². The lowest BCUT2D eigenvalue weighted by molar-refractivity contribution is 0.0954. The number of hydrogen-bond donors (Lipinski definition) is 1. The molecule has 0 bridgehead atoms. The molecule has 0 heterocycles. The largest absolute Gasteiger partial charge is 0.497 e. The summed E-state index contributed by atoms with van der Waals surface area (Å²) in [6, 6.07) is 5.02. The van der Waals surface area contributed by atoms with Crippen molar-refractivity contribution in [3.63, 3.8) is 0 Å². The summed E-state index contributed by atoms with van der Waals surface area (Å²) in [4.78, 5) is 12.1. The number of carbonyl (C=O) groups excluding carboxylic acids is 1. The van der Waals surface area contributed by atoms with Crippen molar-refractivity contribution in [2.75, 3.05) is 14.2 Å². The minimum atomic E-state index is -0.283. The molecule has 0 fully saturated rings. The highest BCUT2D eigenvalue weighted by molar-refractivity contribution is 5.95. The SMILES string of the molecule is COc1cc(OC)cc(C(=O)N/N=C\[C@H]2CC=CCC2)c1. The van der Waals surface area contributed by atoms with E-state index in [9.17, 15) is 4.79 Å². The number of methoxy groups -OCH3 is 2. The molecule has 1 amide bonds. The summed E-state index contributed by atoms with van der Waals surface area (Å²) < 4.78 is 10.3. The number of nitrogens with one attached hydrogen (secondary N) is 1. The number of hydrogen-bond acceptors (Lipinski definition) is 4. The molecule has 0 radical (unpaired) electrons. The van der Waals surface area contributed by atoms with Gasteiger partial charge in [0.25, 0.3) is 5.91 Å². The first kappa shape index (κ1) is 15.1. The predicted octanol–water partition coefficient (Wildman–Crippen LogP) is 2.78. The van der Waals surface area contributed by atoms with E-state index in [1.165, 1.54) is 0 Å². The second-order valence-electron chi connectivity index (χ2n) is 4.86. The topological polar surface area (TPSA) is 59.9 Å². The van der Waals surface area contributed by atoms with Gasteiger partial charge in [-0.1, -0.05) is 12.2 Å². The van der Waals surface area contributed by atoms with Crippen molar-refractivity contribution in [1.82, 2.24) is 5.43 Å². The number of allylic oxidation sites excluding steroid dienone is 2. The van der Waals surface area contributed by atoms with E-state index in [0.29, 0.717) is 23.0 Å². The highest BCUT2D eigenvalue weighted by atomic mass is 16.5. The molecule has 0 unspecified atom stereocenters. The van der Waals surface area contributed by atoms with E-state index >= 15 is 0 Å². The van der Waals surface area contributed by atoms with E-state index in [1.807, 2.05) is 0 Å². The number of nitrogens with zero attached hydrogens (tertiary/aromatic N) is 1. The number of hydrazone groups is 1. The summed E-state index contributed by atoms with van der Waals surface area (Å²) in [5.41, 5.74) is 3.00. The third kappa shape index (κ3) is 4.34. The van der Waals surface area contributed by atoms with Gasteiger partial charge in [-0.05, 0) is 37.3 Å². The van der Waals surface area contributed by atoms with Crippen LogP contribution in [0.25, 0.3) is 0 Å². The Balaban J connectivity index is 1.99. The fraction of sp³-hybridized carbons (Fsp3) is 0.375. The van der Waals surface area contributed by atoms with Gasteiger partial charge in [-0.25, -0.2) is 5.43 Å². The summed E-state index contributed by atoms with van der Waals surface area (Å²) in [6.45, 7) is 0. The zero-order chi connectivity index (χ0) is 15.1. The Morgan fingerprint density at radius 3 is 2.52 bits per heavy atom. The maximum atomic E-state index is 12.1. The summed E-state index contributed by atoms with van der Waals surface area (Å²) in [5, 5.41) is 4.04. The molecule has 0 aromatic heterocycles. The molecular weight excluding hydrogens is 268 g/mol. The van der Waals surface area contributed by atoms with Gasteiger partial charge in [-0.15, -0.1) is 0 Å². The summed E-state index contributed by atoms with van der Waals surface area (Å²) >= 11 is 0. The molecule has 5 heteroatoms. The van der Waals surface area contributed by atoms with Gasteiger partial charge in [0.2, 0.25) is 0 Å². The molecule has 0 spiro atoms. The van der Waals surface area contributed by atoms with E-state index < -0.39 is 0 Å². The zero-order valence-corrected chi connectivity index (χ0v) is 12.3. The maximum Gasteiger partial charge on any atom is 0.271 e. The molecule has 1 atom stereocenters. The second-order valence-corrected chi connectivity index (χ2v) is 4.86. The van der Waals surface area contributed by atoms with Crippen molar-refractivity contribution in [1.29, 1.82) is 0 Å². The Bertz CT molecular complexity index is 530. The molecule has 1 aromatic carbocycles. The summed E-state index contributed by atoms with van der Waals surface area (Å²) in [5.74, 6) is 1.26. The van der Waals surface area contributed by atoms with Crippen LogP contribution in [0.15, 0.2) is 35.5 Å². The fourth-order valence-electron chi connectivity index (χ4n) is 2.16. The van der Waals surface area contributed by atoms with Gasteiger partial charge in [0, 0.05) is 17.8 Å². The van der Waals surface area contributed by atoms with Crippen LogP contribution in [0.4, 0.5) is 0 Å². The quantitative estimate of drug-likeness (QED) is 0.515. The smallest absolute Gasteiger partial charge is 0.271 e. The molecular formula is C16H20N2O3. The molecule has 1 aliphatic rings. The van der Waals surface area contributed by atoms with Crippen LogP contribution in [0.5, 0.6) is 11.5 Å². The average molecular weight is 288 g/mol. The summed E-state index contributed by atoms with van der Waals surface area (Å²) in [7, 11) is 3.09. The monoisotopic (exact) mass is 288 g/mol. The molecule has 2 rings (SSSR count). The Morgan fingerprint density at radius 2 is 1.95 bits per heavy atom. The third-order valence-electron chi connectivity index (χ3n) is 3.37. The third-order valence-corrected chi connectivity index (χ3v) is 3.37. The van der Waals surface area contributed by atoms with Crippen molar-refractivity contribution >= 4 is 12.1 Å². The van der Waals surface area contributed by atoms with Crippen LogP contribution in [0, 0.1) is 5.92 Å². The highest BCUT2D eigenvalue weighted by Crippen LogP contribution is 2.22. The molecule has 1 N–H and O–H groups in total. The Hall–Kier alpha value is -2.30. The van der Waals surface area contributed by atoms with Gasteiger partial charge in [0.05, 0.1) is 14.2 Å². The minimum Gasteiger partial charge on any atom is -0.497 e. The number of carbonyl (C=O) groups is 1. The predicted molar refractivity (Wildman–Crippen MR) is 82.0 cm³/mol. The van der Waals surface area contributed by atoms with Gasteiger partial charge >= 0.3 is 0 Å². The first-order valence-corrected chi connectivity index (χ1v) is 6.94.